The van der Waals surface area contributed by atoms with Gasteiger partial charge in [-0.25, -0.2) is 0 Å². The van der Waals surface area contributed by atoms with E-state index in [-0.39, 0.29) is 5.24 Å². The summed E-state index contributed by atoms with van der Waals surface area (Å²) < 4.78 is 5.64. The molecule has 0 aliphatic carbocycles. The van der Waals surface area contributed by atoms with Gasteiger partial charge >= 0.3 is 0 Å². The number of halogens is 1. The highest BCUT2D eigenvalue weighted by molar-refractivity contribution is 6.63. The molecule has 0 bridgehead atoms. The molecule has 0 saturated carbocycles. The minimum absolute atomic E-state index is 0.285. The van der Waals surface area contributed by atoms with Crippen LogP contribution in [0.1, 0.15) is 31.2 Å². The summed E-state index contributed by atoms with van der Waals surface area (Å²) >= 11 is 5.28. The monoisotopic (exact) mass is 355 g/mol. The predicted octanol–water partition coefficient (Wildman–Crippen LogP) is 5.68. The van der Waals surface area contributed by atoms with Crippen molar-refractivity contribution in [2.45, 2.75) is 25.7 Å². The summed E-state index contributed by atoms with van der Waals surface area (Å²) in [4.78, 5) is 10.6. The van der Waals surface area contributed by atoms with Crippen molar-refractivity contribution in [1.82, 2.24) is 0 Å². The summed E-state index contributed by atoms with van der Waals surface area (Å²) in [5.41, 5.74) is 2.00. The first-order valence-corrected chi connectivity index (χ1v) is 8.38. The maximum atomic E-state index is 10.6. The molecule has 0 amide bonds. The van der Waals surface area contributed by atoms with Gasteiger partial charge < -0.3 is 4.74 Å². The van der Waals surface area contributed by atoms with Crippen LogP contribution in [0.25, 0.3) is 0 Å². The number of carbonyl (C=O) groups is 1. The van der Waals surface area contributed by atoms with E-state index in [9.17, 15) is 4.79 Å². The summed E-state index contributed by atoms with van der Waals surface area (Å²) in [6, 6.07) is 16.3. The summed E-state index contributed by atoms with van der Waals surface area (Å²) in [5.74, 6) is 0.769. The smallest absolute Gasteiger partial charge is 0.221 e. The number of carbonyl (C=O) groups excluding carboxylic acids is 1. The van der Waals surface area contributed by atoms with Gasteiger partial charge in [0.1, 0.15) is 5.75 Å². The quantitative estimate of drug-likeness (QED) is 0.330. The van der Waals surface area contributed by atoms with Crippen molar-refractivity contribution in [3.05, 3.63) is 54.1 Å². The van der Waals surface area contributed by atoms with Crippen LogP contribution in [0.15, 0.2) is 58.8 Å². The molecule has 128 valence electrons. The molecular formula is C19H18ClN3O2. The van der Waals surface area contributed by atoms with Crippen LogP contribution in [0.5, 0.6) is 5.75 Å². The van der Waals surface area contributed by atoms with Gasteiger partial charge in [-0.2, -0.15) is 15.5 Å². The van der Waals surface area contributed by atoms with E-state index < -0.39 is 0 Å². The second kappa shape index (κ2) is 10.2. The van der Waals surface area contributed by atoms with Gasteiger partial charge in [0.05, 0.1) is 29.6 Å². The Morgan fingerprint density at radius 3 is 2.12 bits per heavy atom. The Morgan fingerprint density at radius 1 is 0.960 bits per heavy atom. The third kappa shape index (κ3) is 7.15. The van der Waals surface area contributed by atoms with Gasteiger partial charge in [0, 0.05) is 6.42 Å². The third-order valence-corrected chi connectivity index (χ3v) is 3.59. The molecule has 0 aromatic heterocycles. The Balaban J connectivity index is 1.76. The SMILES string of the molecule is N#Cc1ccc(N=Nc2ccc(OCCCCCC(=O)Cl)cc2)cc1. The van der Waals surface area contributed by atoms with E-state index >= 15 is 0 Å². The molecule has 0 unspecified atom stereocenters. The molecule has 2 rings (SSSR count). The lowest BCUT2D eigenvalue weighted by atomic mass is 10.2. The molecule has 2 aromatic rings. The molecule has 5 nitrogen and oxygen atoms in total. The number of ether oxygens (including phenoxy) is 1. The van der Waals surface area contributed by atoms with Gasteiger partial charge in [-0.1, -0.05) is 0 Å². The van der Waals surface area contributed by atoms with E-state index in [1.165, 1.54) is 0 Å². The fourth-order valence-electron chi connectivity index (χ4n) is 2.06. The van der Waals surface area contributed by atoms with Crippen LogP contribution in [-0.2, 0) is 4.79 Å². The van der Waals surface area contributed by atoms with E-state index in [1.807, 2.05) is 24.3 Å². The Kier molecular flexibility index (Phi) is 7.61. The molecule has 6 heteroatoms. The van der Waals surface area contributed by atoms with Gasteiger partial charge in [0.15, 0.2) is 0 Å². The van der Waals surface area contributed by atoms with Gasteiger partial charge in [0.2, 0.25) is 5.24 Å². The summed E-state index contributed by atoms with van der Waals surface area (Å²) in [7, 11) is 0. The fourth-order valence-corrected chi connectivity index (χ4v) is 2.19. The van der Waals surface area contributed by atoms with Gasteiger partial charge in [0.25, 0.3) is 0 Å². The van der Waals surface area contributed by atoms with Crippen molar-refractivity contribution < 1.29 is 9.53 Å². The maximum Gasteiger partial charge on any atom is 0.221 e. The molecular weight excluding hydrogens is 338 g/mol. The number of hydrogen-bond acceptors (Lipinski definition) is 5. The molecule has 0 N–H and O–H groups in total. The first-order chi connectivity index (χ1) is 12.2. The number of unbranched alkanes of at least 4 members (excludes halogenated alkanes) is 2. The average Bonchev–Trinajstić information content (AvgIpc) is 2.64. The molecule has 0 spiro atoms. The Morgan fingerprint density at radius 2 is 1.56 bits per heavy atom. The highest BCUT2D eigenvalue weighted by Crippen LogP contribution is 2.21. The lowest BCUT2D eigenvalue weighted by Crippen LogP contribution is -1.97. The average molecular weight is 356 g/mol. The number of benzene rings is 2. The molecule has 0 saturated heterocycles. The maximum absolute atomic E-state index is 10.6. The van der Waals surface area contributed by atoms with Crippen LogP contribution in [0, 0.1) is 11.3 Å². The van der Waals surface area contributed by atoms with E-state index in [0.29, 0.717) is 24.3 Å². The molecule has 2 aromatic carbocycles. The molecule has 25 heavy (non-hydrogen) atoms. The van der Waals surface area contributed by atoms with Crippen molar-refractivity contribution >= 4 is 28.2 Å². The lowest BCUT2D eigenvalue weighted by Gasteiger charge is -2.05. The molecule has 0 radical (unpaired) electrons. The van der Waals surface area contributed by atoms with Gasteiger partial charge in [-0.15, -0.1) is 0 Å². The van der Waals surface area contributed by atoms with Crippen LogP contribution in [-0.4, -0.2) is 11.8 Å². The second-order valence-corrected chi connectivity index (χ2v) is 5.79. The zero-order chi connectivity index (χ0) is 17.9. The van der Waals surface area contributed by atoms with Crippen molar-refractivity contribution in [3.8, 4) is 11.8 Å². The lowest BCUT2D eigenvalue weighted by molar-refractivity contribution is -0.111. The van der Waals surface area contributed by atoms with Crippen molar-refractivity contribution in [1.29, 1.82) is 5.26 Å². The van der Waals surface area contributed by atoms with Crippen LogP contribution >= 0.6 is 11.6 Å². The van der Waals surface area contributed by atoms with E-state index in [2.05, 4.69) is 16.3 Å². The highest BCUT2D eigenvalue weighted by atomic mass is 35.5. The standard InChI is InChI=1S/C19H18ClN3O2/c20-19(24)4-2-1-3-13-25-18-11-9-17(10-12-18)23-22-16-7-5-15(14-21)6-8-16/h5-12H,1-4,13H2. The van der Waals surface area contributed by atoms with Crippen molar-refractivity contribution in [3.63, 3.8) is 0 Å². The third-order valence-electron chi connectivity index (χ3n) is 3.40. The number of azo groups is 1. The summed E-state index contributed by atoms with van der Waals surface area (Å²) in [5, 5.41) is 16.7. The van der Waals surface area contributed by atoms with Crippen LogP contribution in [0.2, 0.25) is 0 Å². The Labute approximate surface area is 151 Å². The number of nitriles is 1. The number of hydrogen-bond donors (Lipinski definition) is 0. The second-order valence-electron chi connectivity index (χ2n) is 5.37. The molecule has 0 heterocycles. The zero-order valence-corrected chi connectivity index (χ0v) is 14.4. The van der Waals surface area contributed by atoms with Crippen LogP contribution in [0.3, 0.4) is 0 Å². The normalized spacial score (nSPS) is 10.6. The predicted molar refractivity (Wildman–Crippen MR) is 96.6 cm³/mol. The highest BCUT2D eigenvalue weighted by Gasteiger charge is 1.98. The van der Waals surface area contributed by atoms with Crippen LogP contribution < -0.4 is 4.74 Å². The van der Waals surface area contributed by atoms with E-state index in [4.69, 9.17) is 21.6 Å². The summed E-state index contributed by atoms with van der Waals surface area (Å²) in [6.07, 6.45) is 3.00. The van der Waals surface area contributed by atoms with Crippen LogP contribution in [0.4, 0.5) is 11.4 Å². The molecule has 0 aliphatic heterocycles. The van der Waals surface area contributed by atoms with E-state index in [1.54, 1.807) is 24.3 Å². The molecule has 0 atom stereocenters. The van der Waals surface area contributed by atoms with E-state index in [0.717, 1.165) is 30.7 Å². The number of rotatable bonds is 9. The first kappa shape index (κ1) is 18.6. The minimum Gasteiger partial charge on any atom is -0.494 e. The Bertz CT molecular complexity index is 750. The topological polar surface area (TPSA) is 74.8 Å². The summed E-state index contributed by atoms with van der Waals surface area (Å²) in [6.45, 7) is 0.600. The largest absolute Gasteiger partial charge is 0.494 e. The van der Waals surface area contributed by atoms with Gasteiger partial charge in [-0.05, 0) is 79.4 Å². The van der Waals surface area contributed by atoms with Crippen molar-refractivity contribution in [2.24, 2.45) is 10.2 Å². The number of nitrogens with zero attached hydrogens (tertiary/aromatic N) is 3. The fraction of sp³-hybridized carbons (Fsp3) is 0.263. The Hall–Kier alpha value is -2.71. The zero-order valence-electron chi connectivity index (χ0n) is 13.7. The van der Waals surface area contributed by atoms with Crippen molar-refractivity contribution in [2.75, 3.05) is 6.61 Å². The van der Waals surface area contributed by atoms with Gasteiger partial charge in [-0.3, -0.25) is 4.79 Å². The minimum atomic E-state index is -0.285. The molecule has 0 fully saturated rings. The molecule has 0 aliphatic rings. The first-order valence-electron chi connectivity index (χ1n) is 8.00.